The molecule has 6 heteroatoms. The summed E-state index contributed by atoms with van der Waals surface area (Å²) in [7, 11) is 0. The van der Waals surface area contributed by atoms with Crippen LogP contribution < -0.4 is 0 Å². The molecule has 0 spiro atoms. The fourth-order valence-electron chi connectivity index (χ4n) is 8.79. The van der Waals surface area contributed by atoms with Crippen LogP contribution in [0.4, 0.5) is 0 Å². The molecule has 4 bridgehead atoms. The van der Waals surface area contributed by atoms with Crippen LogP contribution in [0, 0.1) is 39.9 Å². The van der Waals surface area contributed by atoms with Gasteiger partial charge < -0.3 is 14.7 Å². The standard InChI is InChI=1S/C28H43NO4S/c1-6-26(4)13-22(33-23(31)16-34-21-15-29-12-9-19(21)14-29)27(5)17(2)7-10-28(18(3)25(26)32)11-8-20(30)24(27)28/h6,17-19,21-22,24-25,32H,1,7-16H2,2-5H3/t17-,18+,19?,21?,22-,24?,25+,26-,27+,28+/m1/s1. The highest BCUT2D eigenvalue weighted by Crippen LogP contribution is 2.68. The first kappa shape index (κ1) is 24.8. The number of Topliss-reactive ketones (excluding diaryl/α,β-unsaturated/α-hetero) is 1. The molecule has 3 aliphatic carbocycles. The van der Waals surface area contributed by atoms with Crippen molar-refractivity contribution in [3.63, 3.8) is 0 Å². The second-order valence-electron chi connectivity index (χ2n) is 12.7. The van der Waals surface area contributed by atoms with Crippen molar-refractivity contribution in [1.29, 1.82) is 0 Å². The zero-order valence-corrected chi connectivity index (χ0v) is 22.2. The van der Waals surface area contributed by atoms with Crippen LogP contribution >= 0.6 is 11.8 Å². The van der Waals surface area contributed by atoms with Crippen molar-refractivity contribution in [3.8, 4) is 0 Å². The van der Waals surface area contributed by atoms with Gasteiger partial charge in [0.25, 0.3) is 0 Å². The van der Waals surface area contributed by atoms with Crippen molar-refractivity contribution in [2.24, 2.45) is 39.9 Å². The summed E-state index contributed by atoms with van der Waals surface area (Å²) in [5, 5.41) is 12.1. The Balaban J connectivity index is 1.44. The normalized spacial score (nSPS) is 52.1. The maximum atomic E-state index is 13.5. The predicted molar refractivity (Wildman–Crippen MR) is 135 cm³/mol. The number of esters is 1. The van der Waals surface area contributed by atoms with E-state index < -0.39 is 23.0 Å². The number of hydrogen-bond acceptors (Lipinski definition) is 6. The van der Waals surface area contributed by atoms with E-state index in [1.54, 1.807) is 11.8 Å². The minimum absolute atomic E-state index is 0.00114. The third-order valence-corrected chi connectivity index (χ3v) is 12.6. The zero-order valence-electron chi connectivity index (χ0n) is 21.4. The SMILES string of the molecule is C=C[C@]1(C)C[C@@H](OC(=O)CSC2CN3CCC2C3)[C@@]2(C)C3C(=O)CC[C@@]3(CC[C@H]2C)[C@@H](C)[C@@H]1O. The van der Waals surface area contributed by atoms with Crippen LogP contribution in [0.25, 0.3) is 0 Å². The number of fused-ring (bicyclic) bond motifs is 2. The molecule has 2 saturated heterocycles. The number of rotatable bonds is 5. The average molecular weight is 490 g/mol. The molecule has 190 valence electrons. The van der Waals surface area contributed by atoms with E-state index in [-0.39, 0.29) is 29.1 Å². The quantitative estimate of drug-likeness (QED) is 0.458. The number of thioether (sulfide) groups is 1. The molecule has 3 saturated carbocycles. The van der Waals surface area contributed by atoms with Crippen LogP contribution in [0.3, 0.4) is 0 Å². The van der Waals surface area contributed by atoms with E-state index in [1.807, 2.05) is 6.08 Å². The van der Waals surface area contributed by atoms with Gasteiger partial charge in [0.05, 0.1) is 11.9 Å². The summed E-state index contributed by atoms with van der Waals surface area (Å²) >= 11 is 1.75. The molecule has 0 aromatic carbocycles. The highest BCUT2D eigenvalue weighted by Gasteiger charge is 2.68. The van der Waals surface area contributed by atoms with Crippen molar-refractivity contribution >= 4 is 23.5 Å². The van der Waals surface area contributed by atoms with Crippen LogP contribution in [0.15, 0.2) is 12.7 Å². The topological polar surface area (TPSA) is 66.8 Å². The molecule has 2 heterocycles. The van der Waals surface area contributed by atoms with Crippen molar-refractivity contribution < 1.29 is 19.4 Å². The summed E-state index contributed by atoms with van der Waals surface area (Å²) < 4.78 is 6.38. The molecule has 0 radical (unpaired) electrons. The smallest absolute Gasteiger partial charge is 0.316 e. The third-order valence-electron chi connectivity index (χ3n) is 11.3. The van der Waals surface area contributed by atoms with Gasteiger partial charge in [-0.05, 0) is 61.8 Å². The summed E-state index contributed by atoms with van der Waals surface area (Å²) in [6, 6.07) is 0. The van der Waals surface area contributed by atoms with E-state index in [1.165, 1.54) is 19.5 Å². The number of aliphatic hydroxyl groups is 1. The van der Waals surface area contributed by atoms with Crippen LogP contribution in [-0.4, -0.2) is 64.6 Å². The lowest BCUT2D eigenvalue weighted by Gasteiger charge is -2.61. The lowest BCUT2D eigenvalue weighted by molar-refractivity contribution is -0.205. The molecule has 5 rings (SSSR count). The maximum absolute atomic E-state index is 13.5. The second-order valence-corrected chi connectivity index (χ2v) is 13.9. The van der Waals surface area contributed by atoms with Crippen LogP contribution in [0.5, 0.6) is 0 Å². The molecule has 11 atom stereocenters. The second kappa shape index (κ2) is 8.62. The Labute approximate surface area is 209 Å². The Bertz CT molecular complexity index is 863. The number of piperidine rings is 1. The van der Waals surface area contributed by atoms with Gasteiger partial charge in [-0.1, -0.05) is 33.8 Å². The van der Waals surface area contributed by atoms with Gasteiger partial charge in [0.1, 0.15) is 11.9 Å². The summed E-state index contributed by atoms with van der Waals surface area (Å²) in [5.74, 6) is 1.31. The maximum Gasteiger partial charge on any atom is 0.316 e. The Kier molecular flexibility index (Phi) is 6.30. The predicted octanol–water partition coefficient (Wildman–Crippen LogP) is 4.33. The molecular weight excluding hydrogens is 446 g/mol. The van der Waals surface area contributed by atoms with E-state index in [0.717, 1.165) is 25.8 Å². The Hall–Kier alpha value is -0.850. The molecule has 34 heavy (non-hydrogen) atoms. The monoisotopic (exact) mass is 489 g/mol. The van der Waals surface area contributed by atoms with Crippen molar-refractivity contribution in [3.05, 3.63) is 12.7 Å². The molecule has 5 aliphatic rings. The molecule has 2 aliphatic heterocycles. The molecular formula is C28H43NO4S. The summed E-state index contributed by atoms with van der Waals surface area (Å²) in [6.45, 7) is 16.2. The third kappa shape index (κ3) is 3.56. The van der Waals surface area contributed by atoms with E-state index >= 15 is 0 Å². The van der Waals surface area contributed by atoms with Gasteiger partial charge in [-0.2, -0.15) is 0 Å². The number of carbonyl (C=O) groups is 2. The highest BCUT2D eigenvalue weighted by atomic mass is 32.2. The van der Waals surface area contributed by atoms with Gasteiger partial charge in [0.2, 0.25) is 0 Å². The highest BCUT2D eigenvalue weighted by molar-refractivity contribution is 8.00. The fraction of sp³-hybridized carbons (Fsp3) is 0.857. The van der Waals surface area contributed by atoms with Gasteiger partial charge in [-0.3, -0.25) is 9.59 Å². The first-order valence-corrected chi connectivity index (χ1v) is 14.5. The van der Waals surface area contributed by atoms with Crippen LogP contribution in [0.1, 0.15) is 66.2 Å². The zero-order chi connectivity index (χ0) is 24.5. The first-order chi connectivity index (χ1) is 16.0. The molecule has 1 N–H and O–H groups in total. The van der Waals surface area contributed by atoms with Gasteiger partial charge in [0.15, 0.2) is 0 Å². The van der Waals surface area contributed by atoms with Crippen molar-refractivity contribution in [2.75, 3.05) is 25.4 Å². The van der Waals surface area contributed by atoms with Gasteiger partial charge in [-0.25, -0.2) is 0 Å². The van der Waals surface area contributed by atoms with Gasteiger partial charge in [-0.15, -0.1) is 18.3 Å². The van der Waals surface area contributed by atoms with E-state index in [9.17, 15) is 14.7 Å². The lowest BCUT2D eigenvalue weighted by Crippen LogP contribution is -2.63. The number of aliphatic hydroxyl groups excluding tert-OH is 1. The number of hydrogen-bond donors (Lipinski definition) is 1. The number of carbonyl (C=O) groups excluding carboxylic acids is 2. The Morgan fingerprint density at radius 2 is 2.03 bits per heavy atom. The Morgan fingerprint density at radius 1 is 1.26 bits per heavy atom. The van der Waals surface area contributed by atoms with E-state index in [0.29, 0.717) is 35.5 Å². The van der Waals surface area contributed by atoms with Gasteiger partial charge in [0, 0.05) is 41.5 Å². The van der Waals surface area contributed by atoms with Crippen LogP contribution in [0.2, 0.25) is 0 Å². The Morgan fingerprint density at radius 3 is 2.68 bits per heavy atom. The number of ketones is 1. The van der Waals surface area contributed by atoms with Crippen molar-refractivity contribution in [1.82, 2.24) is 4.90 Å². The first-order valence-electron chi connectivity index (χ1n) is 13.4. The molecule has 5 fully saturated rings. The van der Waals surface area contributed by atoms with E-state index in [2.05, 4.69) is 39.2 Å². The van der Waals surface area contributed by atoms with Gasteiger partial charge >= 0.3 is 5.97 Å². The molecule has 0 aromatic heterocycles. The molecule has 4 unspecified atom stereocenters. The largest absolute Gasteiger partial charge is 0.461 e. The summed E-state index contributed by atoms with van der Waals surface area (Å²) in [5.41, 5.74) is -1.22. The molecule has 0 amide bonds. The van der Waals surface area contributed by atoms with E-state index in [4.69, 9.17) is 4.74 Å². The fourth-order valence-corrected chi connectivity index (χ4v) is 10.0. The minimum Gasteiger partial charge on any atom is -0.461 e. The van der Waals surface area contributed by atoms with Crippen molar-refractivity contribution in [2.45, 2.75) is 83.7 Å². The summed E-state index contributed by atoms with van der Waals surface area (Å²) in [4.78, 5) is 29.2. The van der Waals surface area contributed by atoms with Crippen LogP contribution in [-0.2, 0) is 14.3 Å². The summed E-state index contributed by atoms with van der Waals surface area (Å²) in [6.07, 6.45) is 5.97. The minimum atomic E-state index is -0.616. The molecule has 0 aromatic rings. The number of ether oxygens (including phenoxy) is 1. The average Bonchev–Trinajstić information content (AvgIpc) is 3.53. The number of nitrogens with zero attached hydrogens (tertiary/aromatic N) is 1. The lowest BCUT2D eigenvalue weighted by atomic mass is 9.44. The molecule has 5 nitrogen and oxygen atoms in total.